The summed E-state index contributed by atoms with van der Waals surface area (Å²) in [7, 11) is 0. The van der Waals surface area contributed by atoms with E-state index >= 15 is 0 Å². The van der Waals surface area contributed by atoms with Crippen molar-refractivity contribution in [3.63, 3.8) is 0 Å². The molecule has 0 aliphatic rings. The molecular formula is C17H16ClNO. The molecule has 0 bridgehead atoms. The lowest BCUT2D eigenvalue weighted by molar-refractivity contribution is 0.562. The van der Waals surface area contributed by atoms with Crippen LogP contribution in [0.25, 0.3) is 11.0 Å². The second kappa shape index (κ2) is 5.70. The van der Waals surface area contributed by atoms with Gasteiger partial charge < -0.3 is 9.73 Å². The molecule has 0 aliphatic heterocycles. The first kappa shape index (κ1) is 13.2. The van der Waals surface area contributed by atoms with Crippen LogP contribution in [0.4, 0.5) is 0 Å². The minimum atomic E-state index is 0.265. The van der Waals surface area contributed by atoms with E-state index in [4.69, 9.17) is 16.0 Å². The van der Waals surface area contributed by atoms with Gasteiger partial charge in [-0.25, -0.2) is 0 Å². The number of para-hydroxylation sites is 1. The van der Waals surface area contributed by atoms with E-state index in [0.717, 1.165) is 17.2 Å². The number of furan rings is 1. The Morgan fingerprint density at radius 1 is 1.10 bits per heavy atom. The normalized spacial score (nSPS) is 12.7. The van der Waals surface area contributed by atoms with Gasteiger partial charge >= 0.3 is 0 Å². The van der Waals surface area contributed by atoms with Crippen molar-refractivity contribution in [1.82, 2.24) is 5.32 Å². The van der Waals surface area contributed by atoms with Crippen LogP contribution in [0.15, 0.2) is 59.2 Å². The molecule has 0 saturated heterocycles. The summed E-state index contributed by atoms with van der Waals surface area (Å²) in [6.45, 7) is 2.92. The highest BCUT2D eigenvalue weighted by atomic mass is 35.5. The first-order valence-electron chi connectivity index (χ1n) is 6.68. The quantitative estimate of drug-likeness (QED) is 0.735. The highest BCUT2D eigenvalue weighted by molar-refractivity contribution is 6.30. The monoisotopic (exact) mass is 285 g/mol. The molecule has 0 unspecified atom stereocenters. The standard InChI is InChI=1S/C17H16ClNO/c1-12(13-6-8-15(18)9-7-13)19-10-14-11-20-17-5-3-2-4-16(14)17/h2-9,11-12,19H,10H2,1H3/t12-/m1/s1. The molecule has 3 aromatic rings. The Kier molecular flexibility index (Phi) is 3.77. The molecule has 1 aromatic heterocycles. The Balaban J connectivity index is 1.71. The van der Waals surface area contributed by atoms with Gasteiger partial charge in [-0.1, -0.05) is 41.9 Å². The molecule has 1 atom stereocenters. The number of rotatable bonds is 4. The second-order valence-electron chi connectivity index (χ2n) is 4.91. The van der Waals surface area contributed by atoms with Gasteiger partial charge in [0.05, 0.1) is 6.26 Å². The fourth-order valence-electron chi connectivity index (χ4n) is 2.30. The Morgan fingerprint density at radius 3 is 2.65 bits per heavy atom. The molecule has 3 rings (SSSR count). The van der Waals surface area contributed by atoms with E-state index in [0.29, 0.717) is 0 Å². The van der Waals surface area contributed by atoms with Crippen LogP contribution in [0, 0.1) is 0 Å². The van der Waals surface area contributed by atoms with Crippen molar-refractivity contribution in [2.24, 2.45) is 0 Å². The van der Waals surface area contributed by atoms with E-state index < -0.39 is 0 Å². The zero-order valence-electron chi connectivity index (χ0n) is 11.3. The van der Waals surface area contributed by atoms with Crippen LogP contribution < -0.4 is 5.32 Å². The van der Waals surface area contributed by atoms with Gasteiger partial charge in [-0.2, -0.15) is 0 Å². The van der Waals surface area contributed by atoms with Gasteiger partial charge in [0.2, 0.25) is 0 Å². The highest BCUT2D eigenvalue weighted by Gasteiger charge is 2.08. The number of fused-ring (bicyclic) bond motifs is 1. The minimum absolute atomic E-state index is 0.265. The average molecular weight is 286 g/mol. The van der Waals surface area contributed by atoms with Gasteiger partial charge in [-0.3, -0.25) is 0 Å². The first-order chi connectivity index (χ1) is 9.74. The summed E-state index contributed by atoms with van der Waals surface area (Å²) in [6.07, 6.45) is 1.83. The number of benzene rings is 2. The Bertz CT molecular complexity index is 702. The Hall–Kier alpha value is -1.77. The Morgan fingerprint density at radius 2 is 1.85 bits per heavy atom. The van der Waals surface area contributed by atoms with Crippen molar-refractivity contribution in [2.75, 3.05) is 0 Å². The fraction of sp³-hybridized carbons (Fsp3) is 0.176. The van der Waals surface area contributed by atoms with E-state index in [1.54, 1.807) is 0 Å². The molecule has 3 heteroatoms. The van der Waals surface area contributed by atoms with Crippen LogP contribution in [0.5, 0.6) is 0 Å². The third kappa shape index (κ3) is 2.72. The van der Waals surface area contributed by atoms with Crippen molar-refractivity contribution in [1.29, 1.82) is 0 Å². The van der Waals surface area contributed by atoms with Crippen LogP contribution >= 0.6 is 11.6 Å². The molecule has 2 nitrogen and oxygen atoms in total. The summed E-state index contributed by atoms with van der Waals surface area (Å²) in [4.78, 5) is 0. The lowest BCUT2D eigenvalue weighted by Gasteiger charge is -2.13. The van der Waals surface area contributed by atoms with Crippen molar-refractivity contribution in [3.05, 3.63) is 70.9 Å². The summed E-state index contributed by atoms with van der Waals surface area (Å²) in [5.74, 6) is 0. The summed E-state index contributed by atoms with van der Waals surface area (Å²) < 4.78 is 5.55. The van der Waals surface area contributed by atoms with E-state index in [1.165, 1.54) is 16.5 Å². The minimum Gasteiger partial charge on any atom is -0.464 e. The molecule has 0 aliphatic carbocycles. The smallest absolute Gasteiger partial charge is 0.134 e. The highest BCUT2D eigenvalue weighted by Crippen LogP contribution is 2.22. The Labute approximate surface area is 123 Å². The van der Waals surface area contributed by atoms with Gasteiger partial charge in [0.1, 0.15) is 5.58 Å². The van der Waals surface area contributed by atoms with E-state index in [1.807, 2.05) is 48.7 Å². The van der Waals surface area contributed by atoms with Crippen LogP contribution in [-0.2, 0) is 6.54 Å². The van der Waals surface area contributed by atoms with Gasteiger partial charge in [0, 0.05) is 28.6 Å². The van der Waals surface area contributed by atoms with Gasteiger partial charge in [0.25, 0.3) is 0 Å². The summed E-state index contributed by atoms with van der Waals surface area (Å²) in [5, 5.41) is 5.45. The predicted molar refractivity (Wildman–Crippen MR) is 82.9 cm³/mol. The molecule has 1 N–H and O–H groups in total. The summed E-state index contributed by atoms with van der Waals surface area (Å²) in [5.41, 5.74) is 3.34. The predicted octanol–water partition coefficient (Wildman–Crippen LogP) is 4.94. The third-order valence-corrected chi connectivity index (χ3v) is 3.78. The fourth-order valence-corrected chi connectivity index (χ4v) is 2.43. The molecule has 0 saturated carbocycles. The van der Waals surface area contributed by atoms with Crippen LogP contribution in [-0.4, -0.2) is 0 Å². The van der Waals surface area contributed by atoms with Crippen molar-refractivity contribution in [3.8, 4) is 0 Å². The SMILES string of the molecule is C[C@@H](NCc1coc2ccccc12)c1ccc(Cl)cc1. The third-order valence-electron chi connectivity index (χ3n) is 3.53. The lowest BCUT2D eigenvalue weighted by Crippen LogP contribution is -2.17. The van der Waals surface area contributed by atoms with Crippen LogP contribution in [0.3, 0.4) is 0 Å². The average Bonchev–Trinajstić information content (AvgIpc) is 2.89. The first-order valence-corrected chi connectivity index (χ1v) is 7.06. The molecule has 0 amide bonds. The number of halogens is 1. The maximum absolute atomic E-state index is 5.91. The number of nitrogens with one attached hydrogen (secondary N) is 1. The zero-order chi connectivity index (χ0) is 13.9. The lowest BCUT2D eigenvalue weighted by atomic mass is 10.1. The largest absolute Gasteiger partial charge is 0.464 e. The topological polar surface area (TPSA) is 25.2 Å². The summed E-state index contributed by atoms with van der Waals surface area (Å²) in [6, 6.07) is 16.3. The molecule has 0 fully saturated rings. The van der Waals surface area contributed by atoms with Crippen LogP contribution in [0.2, 0.25) is 5.02 Å². The summed E-state index contributed by atoms with van der Waals surface area (Å²) >= 11 is 5.91. The molecule has 20 heavy (non-hydrogen) atoms. The molecular weight excluding hydrogens is 270 g/mol. The maximum atomic E-state index is 5.91. The van der Waals surface area contributed by atoms with E-state index in [-0.39, 0.29) is 6.04 Å². The van der Waals surface area contributed by atoms with Crippen molar-refractivity contribution >= 4 is 22.6 Å². The van der Waals surface area contributed by atoms with Crippen LogP contribution in [0.1, 0.15) is 24.1 Å². The second-order valence-corrected chi connectivity index (χ2v) is 5.35. The van der Waals surface area contributed by atoms with Gasteiger partial charge in [0.15, 0.2) is 0 Å². The van der Waals surface area contributed by atoms with E-state index in [9.17, 15) is 0 Å². The maximum Gasteiger partial charge on any atom is 0.134 e. The van der Waals surface area contributed by atoms with E-state index in [2.05, 4.69) is 18.3 Å². The number of hydrogen-bond acceptors (Lipinski definition) is 2. The van der Waals surface area contributed by atoms with Gasteiger partial charge in [-0.05, 0) is 30.7 Å². The van der Waals surface area contributed by atoms with Gasteiger partial charge in [-0.15, -0.1) is 0 Å². The zero-order valence-corrected chi connectivity index (χ0v) is 12.0. The molecule has 1 heterocycles. The molecule has 102 valence electrons. The molecule has 0 radical (unpaired) electrons. The van der Waals surface area contributed by atoms with Crippen molar-refractivity contribution in [2.45, 2.75) is 19.5 Å². The molecule has 0 spiro atoms. The van der Waals surface area contributed by atoms with Crippen molar-refractivity contribution < 1.29 is 4.42 Å². The number of hydrogen-bond donors (Lipinski definition) is 1. The molecule has 2 aromatic carbocycles.